The van der Waals surface area contributed by atoms with E-state index in [-0.39, 0.29) is 25.2 Å². The molecule has 4 rings (SSSR count). The average molecular weight is 349 g/mol. The molecule has 2 fully saturated rings. The highest BCUT2D eigenvalue weighted by atomic mass is 19.1. The van der Waals surface area contributed by atoms with Crippen molar-refractivity contribution in [2.24, 2.45) is 0 Å². The Labute approximate surface area is 146 Å². The van der Waals surface area contributed by atoms with Gasteiger partial charge in [0.05, 0.1) is 6.61 Å². The summed E-state index contributed by atoms with van der Waals surface area (Å²) < 4.78 is 24.4. The van der Waals surface area contributed by atoms with Gasteiger partial charge in [-0.25, -0.2) is 9.18 Å². The second-order valence-electron chi connectivity index (χ2n) is 6.95. The van der Waals surface area contributed by atoms with E-state index in [4.69, 9.17) is 9.47 Å². The summed E-state index contributed by atoms with van der Waals surface area (Å²) >= 11 is 0. The number of carbonyl (C=O) groups is 1. The molecular formula is C18H24FN3O3. The summed E-state index contributed by atoms with van der Waals surface area (Å²) in [7, 11) is 0. The van der Waals surface area contributed by atoms with E-state index in [1.54, 1.807) is 0 Å². The molecule has 0 unspecified atom stereocenters. The summed E-state index contributed by atoms with van der Waals surface area (Å²) in [5.41, 5.74) is 1.34. The van der Waals surface area contributed by atoms with E-state index in [0.29, 0.717) is 29.5 Å². The third-order valence-corrected chi connectivity index (χ3v) is 5.29. The number of hydrogen-bond acceptors (Lipinski definition) is 4. The number of nitrogens with one attached hydrogen (secondary N) is 1. The molecule has 2 saturated heterocycles. The Kier molecular flexibility index (Phi) is 4.76. The first-order valence-electron chi connectivity index (χ1n) is 8.99. The van der Waals surface area contributed by atoms with Crippen LogP contribution in [0.25, 0.3) is 0 Å². The van der Waals surface area contributed by atoms with Gasteiger partial charge in [-0.05, 0) is 44.5 Å². The van der Waals surface area contributed by atoms with Crippen molar-refractivity contribution < 1.29 is 18.7 Å². The third kappa shape index (κ3) is 3.57. The number of ether oxygens (including phenoxy) is 2. The Balaban J connectivity index is 1.35. The molecule has 0 bridgehead atoms. The van der Waals surface area contributed by atoms with Crippen molar-refractivity contribution in [3.63, 3.8) is 0 Å². The first-order valence-corrected chi connectivity index (χ1v) is 8.99. The van der Waals surface area contributed by atoms with Gasteiger partial charge in [0.15, 0.2) is 6.79 Å². The molecule has 25 heavy (non-hydrogen) atoms. The van der Waals surface area contributed by atoms with Crippen LogP contribution < -0.4 is 10.1 Å². The maximum absolute atomic E-state index is 13.8. The maximum atomic E-state index is 13.8. The predicted octanol–water partition coefficient (Wildman–Crippen LogP) is 2.07. The van der Waals surface area contributed by atoms with Crippen LogP contribution in [0.15, 0.2) is 12.1 Å². The standard InChI is InChI=1S/C18H24FN3O3/c19-15-7-13(17-14(8-15)11-24-12-25-17)9-20-18(23)22-6-3-16(10-22)21-4-1-2-5-21/h7-8,16H,1-6,9-12H2,(H,20,23)/t16-/m1/s1. The lowest BCUT2D eigenvalue weighted by Crippen LogP contribution is -2.41. The molecule has 3 heterocycles. The van der Waals surface area contributed by atoms with Gasteiger partial charge in [-0.1, -0.05) is 0 Å². The number of fused-ring (bicyclic) bond motifs is 1. The van der Waals surface area contributed by atoms with Crippen molar-refractivity contribution in [2.75, 3.05) is 33.0 Å². The Bertz CT molecular complexity index is 649. The second-order valence-corrected chi connectivity index (χ2v) is 6.95. The highest BCUT2D eigenvalue weighted by Gasteiger charge is 2.31. The van der Waals surface area contributed by atoms with Gasteiger partial charge in [-0.3, -0.25) is 4.90 Å². The summed E-state index contributed by atoms with van der Waals surface area (Å²) in [6.45, 7) is 4.59. The fourth-order valence-corrected chi connectivity index (χ4v) is 4.00. The zero-order chi connectivity index (χ0) is 17.2. The molecular weight excluding hydrogens is 325 g/mol. The Morgan fingerprint density at radius 1 is 1.28 bits per heavy atom. The van der Waals surface area contributed by atoms with Crippen LogP contribution in [0.1, 0.15) is 30.4 Å². The lowest BCUT2D eigenvalue weighted by atomic mass is 10.1. The molecule has 2 amide bonds. The number of carbonyl (C=O) groups excluding carboxylic acids is 1. The summed E-state index contributed by atoms with van der Waals surface area (Å²) in [6, 6.07) is 3.23. The molecule has 1 aromatic carbocycles. The lowest BCUT2D eigenvalue weighted by Gasteiger charge is -2.24. The van der Waals surface area contributed by atoms with E-state index in [9.17, 15) is 9.18 Å². The van der Waals surface area contributed by atoms with Gasteiger partial charge >= 0.3 is 6.03 Å². The van der Waals surface area contributed by atoms with E-state index >= 15 is 0 Å². The second kappa shape index (κ2) is 7.17. The molecule has 0 saturated carbocycles. The van der Waals surface area contributed by atoms with E-state index in [1.165, 1.54) is 25.0 Å². The van der Waals surface area contributed by atoms with Crippen LogP contribution in [0.5, 0.6) is 5.75 Å². The number of nitrogens with zero attached hydrogens (tertiary/aromatic N) is 2. The average Bonchev–Trinajstić information content (AvgIpc) is 3.30. The predicted molar refractivity (Wildman–Crippen MR) is 89.7 cm³/mol. The largest absolute Gasteiger partial charge is 0.467 e. The van der Waals surface area contributed by atoms with E-state index in [1.807, 2.05) is 4.90 Å². The minimum Gasteiger partial charge on any atom is -0.467 e. The lowest BCUT2D eigenvalue weighted by molar-refractivity contribution is -0.0173. The molecule has 3 aliphatic heterocycles. The molecule has 6 nitrogen and oxygen atoms in total. The Hall–Kier alpha value is -1.86. The van der Waals surface area contributed by atoms with Crippen LogP contribution in [0.4, 0.5) is 9.18 Å². The fourth-order valence-electron chi connectivity index (χ4n) is 4.00. The molecule has 136 valence electrons. The number of benzene rings is 1. The Morgan fingerprint density at radius 2 is 2.12 bits per heavy atom. The fraction of sp³-hybridized carbons (Fsp3) is 0.611. The van der Waals surface area contributed by atoms with E-state index < -0.39 is 0 Å². The van der Waals surface area contributed by atoms with Gasteiger partial charge in [-0.2, -0.15) is 0 Å². The summed E-state index contributed by atoms with van der Waals surface area (Å²) in [5, 5.41) is 2.91. The van der Waals surface area contributed by atoms with Crippen molar-refractivity contribution >= 4 is 6.03 Å². The van der Waals surface area contributed by atoms with Crippen molar-refractivity contribution in [3.05, 3.63) is 29.1 Å². The molecule has 1 N–H and O–H groups in total. The van der Waals surface area contributed by atoms with Crippen LogP contribution in [0, 0.1) is 5.82 Å². The van der Waals surface area contributed by atoms with Crippen LogP contribution in [-0.4, -0.2) is 54.8 Å². The minimum absolute atomic E-state index is 0.0910. The van der Waals surface area contributed by atoms with Crippen molar-refractivity contribution in [3.8, 4) is 5.75 Å². The number of hydrogen-bond donors (Lipinski definition) is 1. The zero-order valence-electron chi connectivity index (χ0n) is 14.3. The molecule has 0 aromatic heterocycles. The number of rotatable bonds is 3. The third-order valence-electron chi connectivity index (χ3n) is 5.29. The molecule has 1 atom stereocenters. The van der Waals surface area contributed by atoms with E-state index in [0.717, 1.165) is 32.6 Å². The van der Waals surface area contributed by atoms with Crippen molar-refractivity contribution in [1.82, 2.24) is 15.1 Å². The van der Waals surface area contributed by atoms with Gasteiger partial charge in [0.25, 0.3) is 0 Å². The summed E-state index contributed by atoms with van der Waals surface area (Å²) in [4.78, 5) is 16.8. The summed E-state index contributed by atoms with van der Waals surface area (Å²) in [6.07, 6.45) is 3.55. The first kappa shape index (κ1) is 16.6. The highest BCUT2D eigenvalue weighted by molar-refractivity contribution is 5.74. The number of amides is 2. The Morgan fingerprint density at radius 3 is 2.96 bits per heavy atom. The van der Waals surface area contributed by atoms with Crippen molar-refractivity contribution in [1.29, 1.82) is 0 Å². The number of likely N-dealkylation sites (tertiary alicyclic amines) is 2. The normalized spacial score (nSPS) is 23.4. The minimum atomic E-state index is -0.340. The molecule has 0 aliphatic carbocycles. The molecule has 3 aliphatic rings. The smallest absolute Gasteiger partial charge is 0.317 e. The molecule has 7 heteroatoms. The van der Waals surface area contributed by atoms with Crippen LogP contribution in [0.3, 0.4) is 0 Å². The van der Waals surface area contributed by atoms with Gasteiger partial charge in [0.1, 0.15) is 11.6 Å². The first-order chi connectivity index (χ1) is 12.2. The van der Waals surface area contributed by atoms with Crippen LogP contribution in [0.2, 0.25) is 0 Å². The quantitative estimate of drug-likeness (QED) is 0.908. The van der Waals surface area contributed by atoms with Gasteiger partial charge in [0, 0.05) is 36.8 Å². The maximum Gasteiger partial charge on any atom is 0.317 e. The molecule has 0 radical (unpaired) electrons. The zero-order valence-corrected chi connectivity index (χ0v) is 14.3. The van der Waals surface area contributed by atoms with Crippen LogP contribution >= 0.6 is 0 Å². The summed E-state index contributed by atoms with van der Waals surface area (Å²) in [5.74, 6) is 0.289. The number of urea groups is 1. The number of halogens is 1. The molecule has 0 spiro atoms. The van der Waals surface area contributed by atoms with Crippen LogP contribution in [-0.2, 0) is 17.9 Å². The van der Waals surface area contributed by atoms with E-state index in [2.05, 4.69) is 10.2 Å². The highest BCUT2D eigenvalue weighted by Crippen LogP contribution is 2.29. The monoisotopic (exact) mass is 349 g/mol. The SMILES string of the molecule is O=C(NCc1cc(F)cc2c1OCOC2)N1CC[C@@H](N2CCCC2)C1. The molecule has 1 aromatic rings. The van der Waals surface area contributed by atoms with Gasteiger partial charge in [0.2, 0.25) is 0 Å². The van der Waals surface area contributed by atoms with Crippen molar-refractivity contribution in [2.45, 2.75) is 38.5 Å². The van der Waals surface area contributed by atoms with Gasteiger partial charge < -0.3 is 19.7 Å². The van der Waals surface area contributed by atoms with Gasteiger partial charge in [-0.15, -0.1) is 0 Å². The topological polar surface area (TPSA) is 54.0 Å².